The third-order valence-electron chi connectivity index (χ3n) is 2.75. The average Bonchev–Trinajstić information content (AvgIpc) is 2.29. The Kier molecular flexibility index (Phi) is 3.47. The summed E-state index contributed by atoms with van der Waals surface area (Å²) in [7, 11) is 0. The zero-order chi connectivity index (χ0) is 12.4. The van der Waals surface area contributed by atoms with Crippen molar-refractivity contribution in [2.24, 2.45) is 5.92 Å². The number of hydrogen-bond acceptors (Lipinski definition) is 2. The van der Waals surface area contributed by atoms with Crippen LogP contribution in [0.3, 0.4) is 0 Å². The third kappa shape index (κ3) is 2.85. The molecule has 5 heteroatoms. The lowest BCUT2D eigenvalue weighted by molar-refractivity contribution is -0.125. The van der Waals surface area contributed by atoms with Gasteiger partial charge in [0.1, 0.15) is 0 Å². The van der Waals surface area contributed by atoms with Gasteiger partial charge >= 0.3 is 6.03 Å². The molecule has 90 valence electrons. The first-order valence-electron chi connectivity index (χ1n) is 5.40. The maximum Gasteiger partial charge on any atom is 0.324 e. The molecule has 1 aromatic carbocycles. The molecule has 2 rings (SSSR count). The fourth-order valence-electron chi connectivity index (χ4n) is 1.75. The summed E-state index contributed by atoms with van der Waals surface area (Å²) in [5, 5.41) is 2.35. The van der Waals surface area contributed by atoms with Crippen LogP contribution in [0, 0.1) is 5.92 Å². The number of hydrogen-bond donors (Lipinski definition) is 1. The summed E-state index contributed by atoms with van der Waals surface area (Å²) >= 11 is 3.36. The fraction of sp³-hybridized carbons (Fsp3) is 0.333. The number of halogens is 1. The standard InChI is InChI=1S/C12H13BrN2O2/c1-8-6-15(12(17)14-11(8)16)7-9-2-4-10(13)5-3-9/h2-5,8H,6-7H2,1H3,(H,14,16,17). The van der Waals surface area contributed by atoms with Gasteiger partial charge in [0.15, 0.2) is 0 Å². The predicted molar refractivity (Wildman–Crippen MR) is 67.3 cm³/mol. The molecule has 1 fully saturated rings. The number of urea groups is 1. The lowest BCUT2D eigenvalue weighted by atomic mass is 10.1. The number of benzene rings is 1. The van der Waals surface area contributed by atoms with Gasteiger partial charge in [0.05, 0.1) is 5.92 Å². The van der Waals surface area contributed by atoms with Crippen LogP contribution in [0.1, 0.15) is 12.5 Å². The molecular formula is C12H13BrN2O2. The summed E-state index contributed by atoms with van der Waals surface area (Å²) in [6.07, 6.45) is 0. The van der Waals surface area contributed by atoms with E-state index in [9.17, 15) is 9.59 Å². The Morgan fingerprint density at radius 3 is 2.65 bits per heavy atom. The van der Waals surface area contributed by atoms with E-state index < -0.39 is 0 Å². The van der Waals surface area contributed by atoms with Crippen LogP contribution >= 0.6 is 15.9 Å². The van der Waals surface area contributed by atoms with Crippen LogP contribution in [-0.2, 0) is 11.3 Å². The third-order valence-corrected chi connectivity index (χ3v) is 3.27. The Balaban J connectivity index is 2.06. The van der Waals surface area contributed by atoms with Gasteiger partial charge in [-0.25, -0.2) is 4.79 Å². The van der Waals surface area contributed by atoms with Crippen LogP contribution in [-0.4, -0.2) is 23.4 Å². The minimum atomic E-state index is -0.309. The fourth-order valence-corrected chi connectivity index (χ4v) is 2.01. The summed E-state index contributed by atoms with van der Waals surface area (Å²) in [5.74, 6) is -0.342. The zero-order valence-corrected chi connectivity index (χ0v) is 11.0. The van der Waals surface area contributed by atoms with Crippen molar-refractivity contribution < 1.29 is 9.59 Å². The number of amides is 3. The number of carbonyl (C=O) groups excluding carboxylic acids is 2. The number of nitrogens with one attached hydrogen (secondary N) is 1. The quantitative estimate of drug-likeness (QED) is 0.909. The van der Waals surface area contributed by atoms with Crippen LogP contribution in [0.5, 0.6) is 0 Å². The number of carbonyl (C=O) groups is 2. The molecule has 4 nitrogen and oxygen atoms in total. The largest absolute Gasteiger partial charge is 0.324 e. The zero-order valence-electron chi connectivity index (χ0n) is 9.44. The van der Waals surface area contributed by atoms with Crippen molar-refractivity contribution in [2.75, 3.05) is 6.54 Å². The normalized spacial score (nSPS) is 20.4. The molecule has 1 heterocycles. The molecule has 17 heavy (non-hydrogen) atoms. The SMILES string of the molecule is CC1CN(Cc2ccc(Br)cc2)C(=O)NC1=O. The molecule has 1 unspecified atom stereocenters. The molecular weight excluding hydrogens is 284 g/mol. The van der Waals surface area contributed by atoms with Crippen LogP contribution in [0.15, 0.2) is 28.7 Å². The van der Waals surface area contributed by atoms with Gasteiger partial charge in [0.2, 0.25) is 5.91 Å². The maximum atomic E-state index is 11.6. The van der Waals surface area contributed by atoms with Gasteiger partial charge in [-0.1, -0.05) is 35.0 Å². The molecule has 1 aromatic rings. The first-order valence-corrected chi connectivity index (χ1v) is 6.20. The number of nitrogens with zero attached hydrogens (tertiary/aromatic N) is 1. The topological polar surface area (TPSA) is 49.4 Å². The second-order valence-corrected chi connectivity index (χ2v) is 5.12. The molecule has 1 N–H and O–H groups in total. The van der Waals surface area contributed by atoms with Crippen molar-refractivity contribution in [1.29, 1.82) is 0 Å². The van der Waals surface area contributed by atoms with Crippen molar-refractivity contribution in [1.82, 2.24) is 10.2 Å². The van der Waals surface area contributed by atoms with Gasteiger partial charge < -0.3 is 4.90 Å². The lowest BCUT2D eigenvalue weighted by Gasteiger charge is -2.30. The molecule has 0 radical (unpaired) electrons. The molecule has 1 saturated heterocycles. The molecule has 1 aliphatic rings. The molecule has 3 amide bonds. The van der Waals surface area contributed by atoms with E-state index in [0.717, 1.165) is 10.0 Å². The van der Waals surface area contributed by atoms with Crippen LogP contribution in [0.2, 0.25) is 0 Å². The molecule has 0 saturated carbocycles. The number of rotatable bonds is 2. The highest BCUT2D eigenvalue weighted by molar-refractivity contribution is 9.10. The smallest absolute Gasteiger partial charge is 0.319 e. The second kappa shape index (κ2) is 4.87. The van der Waals surface area contributed by atoms with Gasteiger partial charge in [0.25, 0.3) is 0 Å². The first-order chi connectivity index (χ1) is 8.06. The van der Waals surface area contributed by atoms with Crippen molar-refractivity contribution in [3.8, 4) is 0 Å². The van der Waals surface area contributed by atoms with Gasteiger partial charge in [-0.2, -0.15) is 0 Å². The Labute approximate surface area is 108 Å². The van der Waals surface area contributed by atoms with Crippen molar-refractivity contribution in [3.05, 3.63) is 34.3 Å². The van der Waals surface area contributed by atoms with Crippen LogP contribution in [0.4, 0.5) is 4.79 Å². The van der Waals surface area contributed by atoms with E-state index in [2.05, 4.69) is 21.2 Å². The van der Waals surface area contributed by atoms with Gasteiger partial charge in [0, 0.05) is 17.6 Å². The Bertz CT molecular complexity index is 444. The molecule has 0 aromatic heterocycles. The Hall–Kier alpha value is -1.36. The van der Waals surface area contributed by atoms with Crippen molar-refractivity contribution in [2.45, 2.75) is 13.5 Å². The Morgan fingerprint density at radius 2 is 2.00 bits per heavy atom. The van der Waals surface area contributed by atoms with Crippen LogP contribution < -0.4 is 5.32 Å². The van der Waals surface area contributed by atoms with Gasteiger partial charge in [-0.3, -0.25) is 10.1 Å². The molecule has 0 bridgehead atoms. The summed E-state index contributed by atoms with van der Waals surface area (Å²) in [6.45, 7) is 2.81. The van der Waals surface area contributed by atoms with E-state index in [0.29, 0.717) is 13.1 Å². The molecule has 0 spiro atoms. The minimum absolute atomic E-state index is 0.150. The average molecular weight is 297 g/mol. The second-order valence-electron chi connectivity index (χ2n) is 4.20. The maximum absolute atomic E-state index is 11.6. The van der Waals surface area contributed by atoms with E-state index >= 15 is 0 Å². The summed E-state index contributed by atoms with van der Waals surface area (Å²) in [6, 6.07) is 7.48. The summed E-state index contributed by atoms with van der Waals surface area (Å²) in [5.41, 5.74) is 1.05. The molecule has 0 aliphatic carbocycles. The summed E-state index contributed by atoms with van der Waals surface area (Å²) in [4.78, 5) is 24.5. The van der Waals surface area contributed by atoms with Gasteiger partial charge in [-0.05, 0) is 17.7 Å². The van der Waals surface area contributed by atoms with E-state index in [1.165, 1.54) is 0 Å². The van der Waals surface area contributed by atoms with Crippen molar-refractivity contribution >= 4 is 27.9 Å². The van der Waals surface area contributed by atoms with Gasteiger partial charge in [-0.15, -0.1) is 0 Å². The van der Waals surface area contributed by atoms with E-state index in [4.69, 9.17) is 0 Å². The molecule has 1 aliphatic heterocycles. The first kappa shape index (κ1) is 12.1. The highest BCUT2D eigenvalue weighted by atomic mass is 79.9. The van der Waals surface area contributed by atoms with Crippen molar-refractivity contribution in [3.63, 3.8) is 0 Å². The number of imide groups is 1. The van der Waals surface area contributed by atoms with E-state index in [-0.39, 0.29) is 17.9 Å². The Morgan fingerprint density at radius 1 is 1.35 bits per heavy atom. The lowest BCUT2D eigenvalue weighted by Crippen LogP contribution is -2.53. The molecule has 1 atom stereocenters. The predicted octanol–water partition coefficient (Wildman–Crippen LogP) is 2.14. The van der Waals surface area contributed by atoms with E-state index in [1.807, 2.05) is 31.2 Å². The monoisotopic (exact) mass is 296 g/mol. The highest BCUT2D eigenvalue weighted by Gasteiger charge is 2.28. The highest BCUT2D eigenvalue weighted by Crippen LogP contribution is 2.15. The summed E-state index contributed by atoms with van der Waals surface area (Å²) < 4.78 is 1.01. The van der Waals surface area contributed by atoms with Crippen LogP contribution in [0.25, 0.3) is 0 Å². The van der Waals surface area contributed by atoms with E-state index in [1.54, 1.807) is 4.90 Å². The minimum Gasteiger partial charge on any atom is -0.319 e.